The van der Waals surface area contributed by atoms with Gasteiger partial charge in [-0.05, 0) is 24.3 Å². The molecule has 2 aliphatic rings. The second-order valence-corrected chi connectivity index (χ2v) is 7.65. The van der Waals surface area contributed by atoms with Crippen LogP contribution in [0.1, 0.15) is 17.0 Å². The van der Waals surface area contributed by atoms with Crippen molar-refractivity contribution in [2.75, 3.05) is 44.9 Å². The molecular formula is C23H26N4O4. The molecule has 8 nitrogen and oxygen atoms in total. The van der Waals surface area contributed by atoms with Gasteiger partial charge in [-0.3, -0.25) is 4.90 Å². The molecule has 8 heteroatoms. The highest BCUT2D eigenvalue weighted by molar-refractivity contribution is 5.47. The van der Waals surface area contributed by atoms with Gasteiger partial charge in [0.15, 0.2) is 11.5 Å². The summed E-state index contributed by atoms with van der Waals surface area (Å²) in [5.74, 6) is 3.54. The number of ether oxygens (including phenoxy) is 3. The molecule has 0 atom stereocenters. The minimum atomic E-state index is 0.583. The number of rotatable bonds is 6. The molecule has 0 aliphatic carbocycles. The SMILES string of the molecule is COc1ccccc1Oc1nc(N2CCOCC2)nc2c1CN(Cc1ccco1)CC2. The zero-order valence-electron chi connectivity index (χ0n) is 17.6. The summed E-state index contributed by atoms with van der Waals surface area (Å²) < 4.78 is 22.8. The maximum absolute atomic E-state index is 6.33. The van der Waals surface area contributed by atoms with Gasteiger partial charge in [-0.2, -0.15) is 4.98 Å². The van der Waals surface area contributed by atoms with Crippen LogP contribution in [0, 0.1) is 0 Å². The van der Waals surface area contributed by atoms with Crippen LogP contribution in [0.25, 0.3) is 0 Å². The van der Waals surface area contributed by atoms with Crippen molar-refractivity contribution < 1.29 is 18.6 Å². The highest BCUT2D eigenvalue weighted by atomic mass is 16.5. The van der Waals surface area contributed by atoms with E-state index in [0.717, 1.165) is 49.6 Å². The molecule has 5 rings (SSSR count). The first-order valence-corrected chi connectivity index (χ1v) is 10.6. The van der Waals surface area contributed by atoms with Gasteiger partial charge < -0.3 is 23.5 Å². The summed E-state index contributed by atoms with van der Waals surface area (Å²) in [7, 11) is 1.64. The lowest BCUT2D eigenvalue weighted by atomic mass is 10.1. The molecule has 0 spiro atoms. The van der Waals surface area contributed by atoms with E-state index in [-0.39, 0.29) is 0 Å². The van der Waals surface area contributed by atoms with Crippen LogP contribution in [-0.4, -0.2) is 54.8 Å². The molecule has 2 aliphatic heterocycles. The number of fused-ring (bicyclic) bond motifs is 1. The lowest BCUT2D eigenvalue weighted by Crippen LogP contribution is -2.38. The number of anilines is 1. The number of methoxy groups -OCH3 is 1. The molecule has 1 aromatic carbocycles. The van der Waals surface area contributed by atoms with E-state index >= 15 is 0 Å². The van der Waals surface area contributed by atoms with Crippen LogP contribution in [-0.2, 0) is 24.2 Å². The van der Waals surface area contributed by atoms with E-state index in [0.29, 0.717) is 43.1 Å². The molecule has 1 saturated heterocycles. The van der Waals surface area contributed by atoms with Crippen molar-refractivity contribution in [3.05, 3.63) is 59.7 Å². The third kappa shape index (κ3) is 4.35. The molecule has 1 fully saturated rings. The summed E-state index contributed by atoms with van der Waals surface area (Å²) in [6, 6.07) is 11.5. The summed E-state index contributed by atoms with van der Waals surface area (Å²) in [5, 5.41) is 0. The van der Waals surface area contributed by atoms with Gasteiger partial charge in [0, 0.05) is 32.6 Å². The van der Waals surface area contributed by atoms with Crippen molar-refractivity contribution in [3.8, 4) is 17.4 Å². The smallest absolute Gasteiger partial charge is 0.229 e. The minimum absolute atomic E-state index is 0.583. The van der Waals surface area contributed by atoms with E-state index in [9.17, 15) is 0 Å². The van der Waals surface area contributed by atoms with E-state index in [1.165, 1.54) is 0 Å². The standard InChI is InChI=1S/C23H26N4O4/c1-28-20-6-2-3-7-21(20)31-22-18-16-26(15-17-5-4-12-30-17)9-8-19(18)24-23(25-22)27-10-13-29-14-11-27/h2-7,12H,8-11,13-16H2,1H3. The third-order valence-corrected chi connectivity index (χ3v) is 5.62. The molecule has 0 N–H and O–H groups in total. The highest BCUT2D eigenvalue weighted by Crippen LogP contribution is 2.35. The Labute approximate surface area is 181 Å². The van der Waals surface area contributed by atoms with Crippen LogP contribution in [0.3, 0.4) is 0 Å². The van der Waals surface area contributed by atoms with Gasteiger partial charge in [0.2, 0.25) is 11.8 Å². The van der Waals surface area contributed by atoms with Crippen molar-refractivity contribution in [2.24, 2.45) is 0 Å². The van der Waals surface area contributed by atoms with E-state index in [4.69, 9.17) is 28.6 Å². The fraction of sp³-hybridized carbons (Fsp3) is 0.391. The van der Waals surface area contributed by atoms with Crippen LogP contribution in [0.2, 0.25) is 0 Å². The number of hydrogen-bond acceptors (Lipinski definition) is 8. The van der Waals surface area contributed by atoms with Crippen molar-refractivity contribution in [1.82, 2.24) is 14.9 Å². The summed E-state index contributed by atoms with van der Waals surface area (Å²) in [6.07, 6.45) is 2.54. The van der Waals surface area contributed by atoms with Gasteiger partial charge in [-0.15, -0.1) is 0 Å². The Morgan fingerprint density at radius 3 is 2.61 bits per heavy atom. The summed E-state index contributed by atoms with van der Waals surface area (Å²) in [5.41, 5.74) is 2.05. The molecule has 0 saturated carbocycles. The van der Waals surface area contributed by atoms with E-state index in [2.05, 4.69) is 9.80 Å². The van der Waals surface area contributed by atoms with E-state index in [1.807, 2.05) is 36.4 Å². The zero-order valence-corrected chi connectivity index (χ0v) is 17.6. The number of benzene rings is 1. The average Bonchev–Trinajstić information content (AvgIpc) is 3.33. The van der Waals surface area contributed by atoms with E-state index in [1.54, 1.807) is 13.4 Å². The predicted molar refractivity (Wildman–Crippen MR) is 115 cm³/mol. The third-order valence-electron chi connectivity index (χ3n) is 5.62. The zero-order chi connectivity index (χ0) is 21.0. The summed E-state index contributed by atoms with van der Waals surface area (Å²) in [4.78, 5) is 14.2. The molecule has 162 valence electrons. The summed E-state index contributed by atoms with van der Waals surface area (Å²) in [6.45, 7) is 5.26. The molecule has 0 unspecified atom stereocenters. The topological polar surface area (TPSA) is 73.1 Å². The Balaban J connectivity index is 1.48. The van der Waals surface area contributed by atoms with Gasteiger partial charge >= 0.3 is 0 Å². The number of nitrogens with zero attached hydrogens (tertiary/aromatic N) is 4. The molecule has 0 bridgehead atoms. The maximum Gasteiger partial charge on any atom is 0.229 e. The normalized spacial score (nSPS) is 16.7. The Morgan fingerprint density at radius 1 is 1.00 bits per heavy atom. The second kappa shape index (κ2) is 8.95. The predicted octanol–water partition coefficient (Wildman–Crippen LogP) is 3.27. The molecule has 31 heavy (non-hydrogen) atoms. The van der Waals surface area contributed by atoms with Gasteiger partial charge in [0.1, 0.15) is 5.76 Å². The van der Waals surface area contributed by atoms with Crippen LogP contribution in [0.5, 0.6) is 17.4 Å². The quantitative estimate of drug-likeness (QED) is 0.599. The molecule has 0 radical (unpaired) electrons. The van der Waals surface area contributed by atoms with Gasteiger partial charge in [-0.25, -0.2) is 4.98 Å². The van der Waals surface area contributed by atoms with Gasteiger partial charge in [0.05, 0.1) is 44.4 Å². The first-order chi connectivity index (χ1) is 15.3. The fourth-order valence-corrected chi connectivity index (χ4v) is 3.98. The maximum atomic E-state index is 6.33. The first-order valence-electron chi connectivity index (χ1n) is 10.6. The Kier molecular flexibility index (Phi) is 5.73. The molecule has 3 aromatic rings. The number of furan rings is 1. The molecule has 4 heterocycles. The van der Waals surface area contributed by atoms with Crippen molar-refractivity contribution >= 4 is 5.95 Å². The van der Waals surface area contributed by atoms with Crippen molar-refractivity contribution in [2.45, 2.75) is 19.5 Å². The Morgan fingerprint density at radius 2 is 1.84 bits per heavy atom. The largest absolute Gasteiger partial charge is 0.493 e. The van der Waals surface area contributed by atoms with Crippen LogP contribution >= 0.6 is 0 Å². The minimum Gasteiger partial charge on any atom is -0.493 e. The van der Waals surface area contributed by atoms with Crippen molar-refractivity contribution in [3.63, 3.8) is 0 Å². The Bertz CT molecular complexity index is 1020. The second-order valence-electron chi connectivity index (χ2n) is 7.65. The van der Waals surface area contributed by atoms with Crippen LogP contribution < -0.4 is 14.4 Å². The molecule has 0 amide bonds. The van der Waals surface area contributed by atoms with Crippen molar-refractivity contribution in [1.29, 1.82) is 0 Å². The average molecular weight is 422 g/mol. The summed E-state index contributed by atoms with van der Waals surface area (Å²) >= 11 is 0. The number of morpholine rings is 1. The molecular weight excluding hydrogens is 396 g/mol. The fourth-order valence-electron chi connectivity index (χ4n) is 3.98. The van der Waals surface area contributed by atoms with Crippen LogP contribution in [0.4, 0.5) is 5.95 Å². The molecule has 2 aromatic heterocycles. The number of aromatic nitrogens is 2. The highest BCUT2D eigenvalue weighted by Gasteiger charge is 2.27. The van der Waals surface area contributed by atoms with E-state index < -0.39 is 0 Å². The Hall–Kier alpha value is -3.10. The lowest BCUT2D eigenvalue weighted by molar-refractivity contribution is 0.122. The van der Waals surface area contributed by atoms with Gasteiger partial charge in [-0.1, -0.05) is 12.1 Å². The number of para-hydroxylation sites is 2. The number of hydrogen-bond donors (Lipinski definition) is 0. The van der Waals surface area contributed by atoms with Gasteiger partial charge in [0.25, 0.3) is 0 Å². The lowest BCUT2D eigenvalue weighted by Gasteiger charge is -2.31. The monoisotopic (exact) mass is 422 g/mol. The first kappa shape index (κ1) is 19.8. The van der Waals surface area contributed by atoms with Crippen LogP contribution in [0.15, 0.2) is 47.1 Å².